The van der Waals surface area contributed by atoms with Crippen LogP contribution in [0.5, 0.6) is 5.75 Å². The number of carboxylic acids is 1. The number of carboxylic acid groups (broad SMARTS) is 1. The lowest BCUT2D eigenvalue weighted by Gasteiger charge is -2.31. The summed E-state index contributed by atoms with van der Waals surface area (Å²) in [5.41, 5.74) is 2.94. The van der Waals surface area contributed by atoms with E-state index in [-0.39, 0.29) is 5.75 Å². The number of aliphatic carboxylic acids is 1. The second kappa shape index (κ2) is 10.9. The summed E-state index contributed by atoms with van der Waals surface area (Å²) in [5, 5.41) is 30.7. The van der Waals surface area contributed by atoms with Gasteiger partial charge >= 0.3 is 12.1 Å². The maximum absolute atomic E-state index is 10.6. The van der Waals surface area contributed by atoms with Crippen LogP contribution in [-0.4, -0.2) is 73.7 Å². The molecule has 0 aliphatic carbocycles. The molecule has 0 amide bonds. The van der Waals surface area contributed by atoms with E-state index < -0.39 is 12.1 Å². The Morgan fingerprint density at radius 3 is 2.35 bits per heavy atom. The van der Waals surface area contributed by atoms with Crippen molar-refractivity contribution in [2.75, 3.05) is 25.0 Å². The number of fused-ring (bicyclic) bond motifs is 1. The Hall–Kier alpha value is -3.43. The monoisotopic (exact) mass is 553 g/mol. The molecule has 1 fully saturated rings. The Labute approximate surface area is 216 Å². The largest absolute Gasteiger partial charge is 0.506 e. The van der Waals surface area contributed by atoms with Crippen LogP contribution >= 0.6 is 22.7 Å². The van der Waals surface area contributed by atoms with Crippen LogP contribution in [0.25, 0.3) is 31.5 Å². The maximum atomic E-state index is 10.6. The predicted octanol–water partition coefficient (Wildman–Crippen LogP) is 4.11. The van der Waals surface area contributed by atoms with Crippen molar-refractivity contribution >= 4 is 43.4 Å². The Bertz CT molecular complexity index is 1370. The number of rotatable bonds is 4. The highest BCUT2D eigenvalue weighted by Gasteiger charge is 2.38. The number of aromatic hydroxyl groups is 1. The molecule has 0 atom stereocenters. The third-order valence-electron chi connectivity index (χ3n) is 5.55. The quantitative estimate of drug-likeness (QED) is 0.339. The molecule has 0 saturated carbocycles. The van der Waals surface area contributed by atoms with Crippen LogP contribution in [0.3, 0.4) is 0 Å². The standard InChI is InChI=1S/C20H21N7OS2.C2HF3O2/c1-11-7-12(10-23-26-11)13-8-15(28)16(22-9-13)17-24-18-19(29-17)25-20(30-18)27(2)14-3-5-21-6-4-14;3-2(4,5)1(6)7/h7-10,14,21,28H,3-6H2,1-2H3;(H,6,7). The van der Waals surface area contributed by atoms with Gasteiger partial charge in [0.2, 0.25) is 0 Å². The summed E-state index contributed by atoms with van der Waals surface area (Å²) in [6.07, 6.45) is 0.551. The molecular weight excluding hydrogens is 531 g/mol. The fourth-order valence-corrected chi connectivity index (χ4v) is 5.72. The lowest BCUT2D eigenvalue weighted by atomic mass is 10.1. The van der Waals surface area contributed by atoms with Crippen molar-refractivity contribution in [3.63, 3.8) is 0 Å². The topological polar surface area (TPSA) is 137 Å². The first-order valence-electron chi connectivity index (χ1n) is 11.0. The Morgan fingerprint density at radius 2 is 1.76 bits per heavy atom. The lowest BCUT2D eigenvalue weighted by Crippen LogP contribution is -2.41. The van der Waals surface area contributed by atoms with E-state index in [0.717, 1.165) is 57.5 Å². The van der Waals surface area contributed by atoms with E-state index in [1.807, 2.05) is 13.0 Å². The summed E-state index contributed by atoms with van der Waals surface area (Å²) >= 11 is 3.05. The van der Waals surface area contributed by atoms with Gasteiger partial charge in [-0.3, -0.25) is 0 Å². The Morgan fingerprint density at radius 1 is 1.11 bits per heavy atom. The molecule has 1 aliphatic rings. The number of nitrogens with one attached hydrogen (secondary N) is 1. The third kappa shape index (κ3) is 6.29. The highest BCUT2D eigenvalue weighted by molar-refractivity contribution is 7.29. The van der Waals surface area contributed by atoms with Crippen LogP contribution in [0.2, 0.25) is 0 Å². The number of nitrogens with zero attached hydrogens (tertiary/aromatic N) is 6. The molecule has 0 unspecified atom stereocenters. The van der Waals surface area contributed by atoms with Crippen LogP contribution < -0.4 is 10.2 Å². The van der Waals surface area contributed by atoms with Crippen molar-refractivity contribution in [3.05, 3.63) is 30.2 Å². The minimum atomic E-state index is -5.08. The number of hydrogen-bond donors (Lipinski definition) is 3. The van der Waals surface area contributed by atoms with E-state index in [1.54, 1.807) is 29.8 Å². The second-order valence-electron chi connectivity index (χ2n) is 8.20. The van der Waals surface area contributed by atoms with Gasteiger partial charge in [0.05, 0.1) is 11.9 Å². The van der Waals surface area contributed by atoms with E-state index >= 15 is 0 Å². The first-order valence-corrected chi connectivity index (χ1v) is 12.7. The van der Waals surface area contributed by atoms with E-state index in [0.29, 0.717) is 16.7 Å². The van der Waals surface area contributed by atoms with Gasteiger partial charge in [-0.15, -0.1) is 0 Å². The summed E-state index contributed by atoms with van der Waals surface area (Å²) in [6.45, 7) is 3.98. The molecule has 5 rings (SSSR count). The molecular formula is C22H22F3N7O3S2. The molecule has 0 aromatic carbocycles. The first kappa shape index (κ1) is 26.6. The first-order chi connectivity index (χ1) is 17.5. The number of aromatic nitrogens is 5. The van der Waals surface area contributed by atoms with E-state index in [4.69, 9.17) is 19.9 Å². The number of piperidine rings is 1. The SMILES string of the molecule is Cc1cc(-c2cnc(-c3nc4sc(N(C)C5CCNCC5)nc4s3)c(O)c2)cnn1.O=C(O)C(F)(F)F. The molecule has 10 nitrogen and oxygen atoms in total. The zero-order valence-electron chi connectivity index (χ0n) is 19.7. The molecule has 5 heterocycles. The minimum absolute atomic E-state index is 0.0930. The molecule has 37 heavy (non-hydrogen) atoms. The number of carbonyl (C=O) groups is 1. The van der Waals surface area contributed by atoms with E-state index in [9.17, 15) is 18.3 Å². The summed E-state index contributed by atoms with van der Waals surface area (Å²) < 4.78 is 31.7. The molecule has 1 aliphatic heterocycles. The zero-order chi connectivity index (χ0) is 26.7. The zero-order valence-corrected chi connectivity index (χ0v) is 21.3. The van der Waals surface area contributed by atoms with Crippen molar-refractivity contribution in [3.8, 4) is 27.6 Å². The van der Waals surface area contributed by atoms with Crippen molar-refractivity contribution in [2.45, 2.75) is 32.0 Å². The Kier molecular flexibility index (Phi) is 7.85. The number of aryl methyl sites for hydroxylation is 1. The molecule has 0 spiro atoms. The number of pyridine rings is 1. The lowest BCUT2D eigenvalue weighted by molar-refractivity contribution is -0.192. The third-order valence-corrected chi connectivity index (χ3v) is 7.67. The van der Waals surface area contributed by atoms with Gasteiger partial charge in [-0.1, -0.05) is 22.7 Å². The van der Waals surface area contributed by atoms with Crippen molar-refractivity contribution in [1.29, 1.82) is 0 Å². The summed E-state index contributed by atoms with van der Waals surface area (Å²) in [4.78, 5) is 26.9. The van der Waals surface area contributed by atoms with Gasteiger partial charge in [0.15, 0.2) is 14.8 Å². The molecule has 4 aromatic rings. The highest BCUT2D eigenvalue weighted by atomic mass is 32.1. The van der Waals surface area contributed by atoms with Crippen molar-refractivity contribution < 1.29 is 28.2 Å². The van der Waals surface area contributed by atoms with Crippen LogP contribution in [0.1, 0.15) is 18.5 Å². The number of halogens is 3. The highest BCUT2D eigenvalue weighted by Crippen LogP contribution is 2.39. The molecule has 15 heteroatoms. The van der Waals surface area contributed by atoms with E-state index in [2.05, 4.69) is 32.4 Å². The maximum Gasteiger partial charge on any atom is 0.490 e. The normalized spacial score (nSPS) is 14.3. The van der Waals surface area contributed by atoms with Crippen LogP contribution in [0.15, 0.2) is 24.5 Å². The van der Waals surface area contributed by atoms with Crippen molar-refractivity contribution in [1.82, 2.24) is 30.5 Å². The van der Waals surface area contributed by atoms with Crippen LogP contribution in [-0.2, 0) is 4.79 Å². The number of thiazole rings is 2. The van der Waals surface area contributed by atoms with Gasteiger partial charge in [0.1, 0.15) is 16.5 Å². The van der Waals surface area contributed by atoms with Gasteiger partial charge in [0, 0.05) is 30.4 Å². The molecule has 0 bridgehead atoms. The summed E-state index contributed by atoms with van der Waals surface area (Å²) in [6, 6.07) is 4.11. The molecule has 3 N–H and O–H groups in total. The molecule has 196 valence electrons. The van der Waals surface area contributed by atoms with Crippen LogP contribution in [0.4, 0.5) is 18.3 Å². The fourth-order valence-electron chi connectivity index (χ4n) is 3.64. The van der Waals surface area contributed by atoms with Gasteiger partial charge in [-0.2, -0.15) is 23.4 Å². The van der Waals surface area contributed by atoms with Gasteiger partial charge < -0.3 is 20.4 Å². The summed E-state index contributed by atoms with van der Waals surface area (Å²) in [7, 11) is 2.11. The molecule has 0 radical (unpaired) electrons. The van der Waals surface area contributed by atoms with Gasteiger partial charge in [0.25, 0.3) is 0 Å². The number of hydrogen-bond acceptors (Lipinski definition) is 11. The van der Waals surface area contributed by atoms with Gasteiger partial charge in [-0.25, -0.2) is 19.7 Å². The van der Waals surface area contributed by atoms with E-state index in [1.165, 1.54) is 11.3 Å². The average Bonchev–Trinajstić information content (AvgIpc) is 3.43. The van der Waals surface area contributed by atoms with Gasteiger partial charge in [-0.05, 0) is 45.0 Å². The molecule has 1 saturated heterocycles. The smallest absolute Gasteiger partial charge is 0.490 e. The predicted molar refractivity (Wildman–Crippen MR) is 134 cm³/mol. The minimum Gasteiger partial charge on any atom is -0.506 e. The fraction of sp³-hybridized carbons (Fsp3) is 0.364. The summed E-state index contributed by atoms with van der Waals surface area (Å²) in [5.74, 6) is -2.66. The van der Waals surface area contributed by atoms with Crippen molar-refractivity contribution in [2.24, 2.45) is 0 Å². The molecule has 4 aromatic heterocycles. The average molecular weight is 554 g/mol. The second-order valence-corrected chi connectivity index (χ2v) is 10.1. The number of alkyl halides is 3. The number of anilines is 1. The van der Waals surface area contributed by atoms with Crippen LogP contribution in [0, 0.1) is 6.92 Å². The Balaban J connectivity index is 0.000000405.